The van der Waals surface area contributed by atoms with Crippen LogP contribution in [0.1, 0.15) is 5.56 Å². The highest BCUT2D eigenvalue weighted by Gasteiger charge is 1.98. The molecule has 0 bridgehead atoms. The Labute approximate surface area is 65.4 Å². The van der Waals surface area contributed by atoms with Crippen molar-refractivity contribution in [2.24, 2.45) is 5.84 Å². The monoisotopic (exact) mass is 153 g/mol. The van der Waals surface area contributed by atoms with Gasteiger partial charge in [-0.1, -0.05) is 0 Å². The minimum atomic E-state index is 0.604. The number of hydrogen-bond acceptors (Lipinski definition) is 4. The molecule has 0 atom stereocenters. The second kappa shape index (κ2) is 3.21. The molecular weight excluding hydrogens is 142 g/mol. The number of nitrogens with two attached hydrogens (primary N) is 1. The van der Waals surface area contributed by atoms with Gasteiger partial charge in [0.25, 0.3) is 0 Å². The van der Waals surface area contributed by atoms with Gasteiger partial charge in [-0.3, -0.25) is 0 Å². The van der Waals surface area contributed by atoms with Crippen LogP contribution in [0.2, 0.25) is 0 Å². The van der Waals surface area contributed by atoms with Gasteiger partial charge in [0, 0.05) is 17.8 Å². The molecule has 60 valence electrons. The van der Waals surface area contributed by atoms with Crippen molar-refractivity contribution in [1.29, 1.82) is 0 Å². The molecule has 1 heterocycles. The lowest BCUT2D eigenvalue weighted by Crippen LogP contribution is -2.08. The molecule has 0 spiro atoms. The van der Waals surface area contributed by atoms with E-state index in [9.17, 15) is 0 Å². The Morgan fingerprint density at radius 1 is 1.64 bits per heavy atom. The van der Waals surface area contributed by atoms with Crippen molar-refractivity contribution in [1.82, 2.24) is 4.98 Å². The molecule has 0 saturated carbocycles. The Bertz CT molecular complexity index is 249. The minimum absolute atomic E-state index is 0.604. The van der Waals surface area contributed by atoms with Gasteiger partial charge in [-0.05, 0) is 6.92 Å². The molecule has 0 saturated heterocycles. The number of aryl methyl sites for hydroxylation is 1. The molecule has 4 nitrogen and oxygen atoms in total. The predicted octanol–water partition coefficient (Wildman–Crippen LogP) is 0.684. The number of hydrogen-bond donors (Lipinski definition) is 2. The van der Waals surface area contributed by atoms with E-state index in [1.165, 1.54) is 0 Å². The number of rotatable bonds is 2. The molecule has 1 aromatic heterocycles. The van der Waals surface area contributed by atoms with Crippen molar-refractivity contribution in [2.75, 3.05) is 12.5 Å². The van der Waals surface area contributed by atoms with Crippen molar-refractivity contribution in [3.63, 3.8) is 0 Å². The van der Waals surface area contributed by atoms with E-state index in [0.717, 1.165) is 11.3 Å². The maximum absolute atomic E-state index is 5.16. The van der Waals surface area contributed by atoms with Crippen molar-refractivity contribution in [3.05, 3.63) is 17.8 Å². The summed E-state index contributed by atoms with van der Waals surface area (Å²) < 4.78 is 5.05. The van der Waals surface area contributed by atoms with Crippen LogP contribution in [0.5, 0.6) is 5.75 Å². The second-order valence-corrected chi connectivity index (χ2v) is 2.18. The molecule has 0 fully saturated rings. The second-order valence-electron chi connectivity index (χ2n) is 2.18. The summed E-state index contributed by atoms with van der Waals surface area (Å²) in [5.41, 5.74) is 3.43. The molecule has 1 aromatic rings. The molecule has 0 aliphatic rings. The Morgan fingerprint density at radius 2 is 2.36 bits per heavy atom. The molecule has 0 aromatic carbocycles. The van der Waals surface area contributed by atoms with E-state index in [4.69, 9.17) is 10.6 Å². The van der Waals surface area contributed by atoms with Crippen LogP contribution in [0.4, 0.5) is 5.82 Å². The highest BCUT2D eigenvalue weighted by molar-refractivity contribution is 5.43. The first-order valence-electron chi connectivity index (χ1n) is 3.25. The molecule has 0 aliphatic heterocycles. The largest absolute Gasteiger partial charge is 0.496 e. The Morgan fingerprint density at radius 3 is 2.91 bits per heavy atom. The SMILES string of the molecule is COc1cc(NN)ncc1C. The molecule has 3 N–H and O–H groups in total. The van der Waals surface area contributed by atoms with Crippen LogP contribution in [0.25, 0.3) is 0 Å². The van der Waals surface area contributed by atoms with Crippen LogP contribution >= 0.6 is 0 Å². The molecule has 0 aliphatic carbocycles. The molecule has 4 heteroatoms. The number of anilines is 1. The first-order chi connectivity index (χ1) is 5.27. The van der Waals surface area contributed by atoms with Crippen molar-refractivity contribution in [3.8, 4) is 5.75 Å². The topological polar surface area (TPSA) is 60.2 Å². The fraction of sp³-hybridized carbons (Fsp3) is 0.286. The Hall–Kier alpha value is -1.29. The van der Waals surface area contributed by atoms with E-state index in [1.807, 2.05) is 6.92 Å². The summed E-state index contributed by atoms with van der Waals surface area (Å²) in [6.45, 7) is 1.92. The minimum Gasteiger partial charge on any atom is -0.496 e. The lowest BCUT2D eigenvalue weighted by atomic mass is 10.3. The summed E-state index contributed by atoms with van der Waals surface area (Å²) in [4.78, 5) is 3.99. The van der Waals surface area contributed by atoms with E-state index in [2.05, 4.69) is 10.4 Å². The highest BCUT2D eigenvalue weighted by atomic mass is 16.5. The van der Waals surface area contributed by atoms with E-state index in [-0.39, 0.29) is 0 Å². The van der Waals surface area contributed by atoms with Crippen molar-refractivity contribution in [2.45, 2.75) is 6.92 Å². The quantitative estimate of drug-likeness (QED) is 0.484. The third-order valence-electron chi connectivity index (χ3n) is 1.42. The van der Waals surface area contributed by atoms with E-state index >= 15 is 0 Å². The first-order valence-corrected chi connectivity index (χ1v) is 3.25. The van der Waals surface area contributed by atoms with E-state index in [1.54, 1.807) is 19.4 Å². The third-order valence-corrected chi connectivity index (χ3v) is 1.42. The zero-order valence-electron chi connectivity index (χ0n) is 6.59. The number of pyridine rings is 1. The van der Waals surface area contributed by atoms with Crippen LogP contribution < -0.4 is 16.0 Å². The van der Waals surface area contributed by atoms with Crippen LogP contribution in [0.3, 0.4) is 0 Å². The summed E-state index contributed by atoms with van der Waals surface area (Å²) >= 11 is 0. The van der Waals surface area contributed by atoms with Crippen LogP contribution in [-0.4, -0.2) is 12.1 Å². The van der Waals surface area contributed by atoms with Crippen molar-refractivity contribution >= 4 is 5.82 Å². The number of nitrogen functional groups attached to an aromatic ring is 1. The van der Waals surface area contributed by atoms with Crippen LogP contribution in [0.15, 0.2) is 12.3 Å². The fourth-order valence-corrected chi connectivity index (χ4v) is 0.804. The number of nitrogens with one attached hydrogen (secondary N) is 1. The molecule has 0 unspecified atom stereocenters. The molecular formula is C7H11N3O. The summed E-state index contributed by atoms with van der Waals surface area (Å²) in [6.07, 6.45) is 1.70. The number of hydrazine groups is 1. The summed E-state index contributed by atoms with van der Waals surface area (Å²) in [5.74, 6) is 6.54. The van der Waals surface area contributed by atoms with Gasteiger partial charge in [0.05, 0.1) is 7.11 Å². The van der Waals surface area contributed by atoms with Gasteiger partial charge in [0.1, 0.15) is 11.6 Å². The number of methoxy groups -OCH3 is 1. The van der Waals surface area contributed by atoms with Gasteiger partial charge >= 0.3 is 0 Å². The van der Waals surface area contributed by atoms with E-state index < -0.39 is 0 Å². The summed E-state index contributed by atoms with van der Waals surface area (Å²) in [7, 11) is 1.61. The Kier molecular flexibility index (Phi) is 2.28. The lowest BCUT2D eigenvalue weighted by Gasteiger charge is -2.05. The van der Waals surface area contributed by atoms with Gasteiger partial charge in [-0.2, -0.15) is 0 Å². The smallest absolute Gasteiger partial charge is 0.143 e. The molecule has 0 radical (unpaired) electrons. The zero-order valence-corrected chi connectivity index (χ0v) is 6.59. The summed E-state index contributed by atoms with van der Waals surface area (Å²) in [5, 5.41) is 0. The van der Waals surface area contributed by atoms with Crippen LogP contribution in [0, 0.1) is 6.92 Å². The number of ether oxygens (including phenoxy) is 1. The predicted molar refractivity (Wildman–Crippen MR) is 43.3 cm³/mol. The lowest BCUT2D eigenvalue weighted by molar-refractivity contribution is 0.411. The standard InChI is InChI=1S/C7H11N3O/c1-5-4-9-7(10-8)3-6(5)11-2/h3-4H,8H2,1-2H3,(H,9,10). The van der Waals surface area contributed by atoms with Crippen molar-refractivity contribution < 1.29 is 4.74 Å². The highest BCUT2D eigenvalue weighted by Crippen LogP contribution is 2.18. The Balaban J connectivity index is 3.02. The zero-order chi connectivity index (χ0) is 8.27. The van der Waals surface area contributed by atoms with Crippen LogP contribution in [-0.2, 0) is 0 Å². The first kappa shape index (κ1) is 7.81. The fourth-order valence-electron chi connectivity index (χ4n) is 0.804. The maximum atomic E-state index is 5.16. The molecule has 1 rings (SSSR count). The van der Waals surface area contributed by atoms with Gasteiger partial charge < -0.3 is 10.2 Å². The van der Waals surface area contributed by atoms with Gasteiger partial charge in [0.2, 0.25) is 0 Å². The molecule has 11 heavy (non-hydrogen) atoms. The van der Waals surface area contributed by atoms with Gasteiger partial charge in [-0.25, -0.2) is 10.8 Å². The average molecular weight is 153 g/mol. The third kappa shape index (κ3) is 1.59. The normalized spacial score (nSPS) is 9.36. The van der Waals surface area contributed by atoms with E-state index in [0.29, 0.717) is 5.82 Å². The number of nitrogens with zero attached hydrogens (tertiary/aromatic N) is 1. The van der Waals surface area contributed by atoms with Gasteiger partial charge in [0.15, 0.2) is 0 Å². The maximum Gasteiger partial charge on any atom is 0.143 e. The molecule has 0 amide bonds. The summed E-state index contributed by atoms with van der Waals surface area (Å²) in [6, 6.07) is 1.75. The van der Waals surface area contributed by atoms with Gasteiger partial charge in [-0.15, -0.1) is 0 Å². The average Bonchev–Trinajstić information content (AvgIpc) is 2.05. The number of aromatic nitrogens is 1.